The monoisotopic (exact) mass is 345 g/mol. The lowest BCUT2D eigenvalue weighted by molar-refractivity contribution is -0.139. The fourth-order valence-electron chi connectivity index (χ4n) is 2.90. The van der Waals surface area contributed by atoms with Gasteiger partial charge in [-0.2, -0.15) is 0 Å². The summed E-state index contributed by atoms with van der Waals surface area (Å²) >= 11 is 1.15. The fourth-order valence-corrected chi connectivity index (χ4v) is 3.64. The predicted octanol–water partition coefficient (Wildman–Crippen LogP) is 2.46. The molecule has 1 aromatic carbocycles. The molecule has 1 amide bonds. The molecule has 1 saturated heterocycles. The Balaban J connectivity index is 1.67. The van der Waals surface area contributed by atoms with Gasteiger partial charge < -0.3 is 14.7 Å². The Morgan fingerprint density at radius 1 is 1.25 bits per heavy atom. The van der Waals surface area contributed by atoms with Crippen molar-refractivity contribution in [2.75, 3.05) is 19.8 Å². The van der Waals surface area contributed by atoms with Crippen molar-refractivity contribution in [1.82, 2.24) is 4.90 Å². The van der Waals surface area contributed by atoms with Gasteiger partial charge in [0.15, 0.2) is 0 Å². The molecule has 3 rings (SSSR count). The molecule has 1 fully saturated rings. The minimum absolute atomic E-state index is 0.0197. The van der Waals surface area contributed by atoms with Crippen molar-refractivity contribution >= 4 is 23.2 Å². The first kappa shape index (κ1) is 16.7. The molecule has 0 aliphatic carbocycles. The average Bonchev–Trinajstić information content (AvgIpc) is 3.05. The van der Waals surface area contributed by atoms with E-state index in [-0.39, 0.29) is 23.2 Å². The Morgan fingerprint density at radius 2 is 2.04 bits per heavy atom. The van der Waals surface area contributed by atoms with E-state index in [1.807, 2.05) is 23.1 Å². The second-order valence-corrected chi connectivity index (χ2v) is 6.72. The Labute approximate surface area is 144 Å². The molecule has 126 valence electrons. The molecule has 1 aliphatic heterocycles. The molecule has 0 unspecified atom stereocenters. The first-order chi connectivity index (χ1) is 11.6. The van der Waals surface area contributed by atoms with Gasteiger partial charge in [-0.3, -0.25) is 4.79 Å². The minimum Gasteiger partial charge on any atom is -0.477 e. The number of carbonyl (C=O) groups excluding carboxylic acids is 1. The Hall–Kier alpha value is -2.18. The quantitative estimate of drug-likeness (QED) is 0.904. The first-order valence-electron chi connectivity index (χ1n) is 7.85. The van der Waals surface area contributed by atoms with Crippen LogP contribution in [0.3, 0.4) is 0 Å². The van der Waals surface area contributed by atoms with E-state index >= 15 is 0 Å². The topological polar surface area (TPSA) is 66.8 Å². The number of ether oxygens (including phenoxy) is 1. The Bertz CT molecular complexity index is 713. The third-order valence-corrected chi connectivity index (χ3v) is 5.05. The van der Waals surface area contributed by atoms with E-state index in [0.717, 1.165) is 23.3 Å². The summed E-state index contributed by atoms with van der Waals surface area (Å²) in [5.41, 5.74) is 1.93. The van der Waals surface area contributed by atoms with Crippen molar-refractivity contribution in [2.24, 2.45) is 0 Å². The van der Waals surface area contributed by atoms with Gasteiger partial charge in [0, 0.05) is 6.54 Å². The van der Waals surface area contributed by atoms with Crippen LogP contribution in [-0.2, 0) is 22.4 Å². The lowest BCUT2D eigenvalue weighted by Gasteiger charge is -2.36. The van der Waals surface area contributed by atoms with E-state index in [4.69, 9.17) is 9.84 Å². The van der Waals surface area contributed by atoms with Crippen molar-refractivity contribution in [1.29, 1.82) is 0 Å². The zero-order valence-corrected chi connectivity index (χ0v) is 14.0. The predicted molar refractivity (Wildman–Crippen MR) is 91.4 cm³/mol. The molecule has 24 heavy (non-hydrogen) atoms. The zero-order chi connectivity index (χ0) is 16.9. The van der Waals surface area contributed by atoms with E-state index in [2.05, 4.69) is 12.1 Å². The molecule has 2 heterocycles. The molecule has 5 nitrogen and oxygen atoms in total. The molecule has 2 aromatic rings. The van der Waals surface area contributed by atoms with E-state index in [0.29, 0.717) is 19.8 Å². The third kappa shape index (κ3) is 4.01. The van der Waals surface area contributed by atoms with Crippen LogP contribution in [-0.4, -0.2) is 47.7 Å². The standard InChI is InChI=1S/C18H19NO4S/c20-17(10-14-9-16(18(21)22)24-12-14)19-6-7-23-11-15(19)8-13-4-2-1-3-5-13/h1-5,9,12,15H,6-8,10-11H2,(H,21,22)/t15-/m0/s1. The molecule has 6 heteroatoms. The summed E-state index contributed by atoms with van der Waals surface area (Å²) in [5, 5.41) is 10.7. The number of carboxylic acids is 1. The van der Waals surface area contributed by atoms with Crippen LogP contribution >= 0.6 is 11.3 Å². The third-order valence-electron chi connectivity index (χ3n) is 4.08. The van der Waals surface area contributed by atoms with Crippen molar-refractivity contribution in [3.05, 3.63) is 57.8 Å². The first-order valence-corrected chi connectivity index (χ1v) is 8.73. The lowest BCUT2D eigenvalue weighted by atomic mass is 10.0. The highest BCUT2D eigenvalue weighted by Gasteiger charge is 2.27. The van der Waals surface area contributed by atoms with Crippen LogP contribution in [0, 0.1) is 0 Å². The number of amides is 1. The van der Waals surface area contributed by atoms with Crippen LogP contribution in [0.1, 0.15) is 20.8 Å². The highest BCUT2D eigenvalue weighted by Crippen LogP contribution is 2.19. The lowest BCUT2D eigenvalue weighted by Crippen LogP contribution is -2.50. The number of hydrogen-bond acceptors (Lipinski definition) is 4. The average molecular weight is 345 g/mol. The van der Waals surface area contributed by atoms with Gasteiger partial charge in [-0.1, -0.05) is 30.3 Å². The maximum Gasteiger partial charge on any atom is 0.345 e. The van der Waals surface area contributed by atoms with Crippen LogP contribution in [0.4, 0.5) is 0 Å². The van der Waals surface area contributed by atoms with Crippen molar-refractivity contribution in [2.45, 2.75) is 18.9 Å². The highest BCUT2D eigenvalue weighted by atomic mass is 32.1. The molecular weight excluding hydrogens is 326 g/mol. The highest BCUT2D eigenvalue weighted by molar-refractivity contribution is 7.12. The van der Waals surface area contributed by atoms with Crippen LogP contribution in [0.25, 0.3) is 0 Å². The summed E-state index contributed by atoms with van der Waals surface area (Å²) in [6.45, 7) is 1.65. The van der Waals surface area contributed by atoms with E-state index in [1.54, 1.807) is 11.4 Å². The second kappa shape index (κ2) is 7.59. The number of carboxylic acid groups (broad SMARTS) is 1. The van der Waals surface area contributed by atoms with Crippen molar-refractivity contribution < 1.29 is 19.4 Å². The van der Waals surface area contributed by atoms with Gasteiger partial charge in [0.2, 0.25) is 5.91 Å². The largest absolute Gasteiger partial charge is 0.477 e. The number of carbonyl (C=O) groups is 2. The number of benzene rings is 1. The summed E-state index contributed by atoms with van der Waals surface area (Å²) in [6, 6.07) is 11.7. The van der Waals surface area contributed by atoms with Gasteiger partial charge in [-0.05, 0) is 29.0 Å². The Morgan fingerprint density at radius 3 is 2.75 bits per heavy atom. The van der Waals surface area contributed by atoms with Crippen LogP contribution in [0.5, 0.6) is 0 Å². The van der Waals surface area contributed by atoms with Gasteiger partial charge in [-0.25, -0.2) is 4.79 Å². The van der Waals surface area contributed by atoms with E-state index in [9.17, 15) is 9.59 Å². The maximum absolute atomic E-state index is 12.7. The summed E-state index contributed by atoms with van der Waals surface area (Å²) in [7, 11) is 0. The maximum atomic E-state index is 12.7. The molecular formula is C18H19NO4S. The summed E-state index contributed by atoms with van der Waals surface area (Å²) in [5.74, 6) is -0.930. The fraction of sp³-hybridized carbons (Fsp3) is 0.333. The summed E-state index contributed by atoms with van der Waals surface area (Å²) in [4.78, 5) is 25.8. The number of morpholine rings is 1. The molecule has 1 atom stereocenters. The number of rotatable bonds is 5. The van der Waals surface area contributed by atoms with Gasteiger partial charge in [0.1, 0.15) is 4.88 Å². The zero-order valence-electron chi connectivity index (χ0n) is 13.2. The smallest absolute Gasteiger partial charge is 0.345 e. The van der Waals surface area contributed by atoms with Gasteiger partial charge in [0.05, 0.1) is 25.7 Å². The SMILES string of the molecule is O=C(O)c1cc(CC(=O)N2CCOC[C@@H]2Cc2ccccc2)cs1. The molecule has 0 spiro atoms. The minimum atomic E-state index is -0.952. The van der Waals surface area contributed by atoms with Gasteiger partial charge in [0.25, 0.3) is 0 Å². The summed E-state index contributed by atoms with van der Waals surface area (Å²) < 4.78 is 5.55. The van der Waals surface area contributed by atoms with Crippen LogP contribution in [0.15, 0.2) is 41.8 Å². The molecule has 1 aliphatic rings. The molecule has 0 saturated carbocycles. The van der Waals surface area contributed by atoms with Gasteiger partial charge in [-0.15, -0.1) is 11.3 Å². The normalized spacial score (nSPS) is 17.7. The molecule has 1 N–H and O–H groups in total. The van der Waals surface area contributed by atoms with Gasteiger partial charge >= 0.3 is 5.97 Å². The number of thiophene rings is 1. The number of nitrogens with zero attached hydrogens (tertiary/aromatic N) is 1. The molecule has 0 radical (unpaired) electrons. The van der Waals surface area contributed by atoms with E-state index < -0.39 is 5.97 Å². The molecule has 1 aromatic heterocycles. The molecule has 0 bridgehead atoms. The van der Waals surface area contributed by atoms with Crippen molar-refractivity contribution in [3.63, 3.8) is 0 Å². The van der Waals surface area contributed by atoms with E-state index in [1.165, 1.54) is 5.56 Å². The van der Waals surface area contributed by atoms with Crippen LogP contribution in [0.2, 0.25) is 0 Å². The second-order valence-electron chi connectivity index (χ2n) is 5.81. The Kier molecular flexibility index (Phi) is 5.27. The summed E-state index contributed by atoms with van der Waals surface area (Å²) in [6.07, 6.45) is 0.992. The van der Waals surface area contributed by atoms with Crippen molar-refractivity contribution in [3.8, 4) is 0 Å². The van der Waals surface area contributed by atoms with Crippen LogP contribution < -0.4 is 0 Å². The number of hydrogen-bond donors (Lipinski definition) is 1. The number of aromatic carboxylic acids is 1.